The average molecular weight is 161 g/mol. The van der Waals surface area contributed by atoms with Crippen LogP contribution in [0.4, 0.5) is 0 Å². The van der Waals surface area contributed by atoms with Crippen LogP contribution in [0.15, 0.2) is 24.3 Å². The highest BCUT2D eigenvalue weighted by Gasteiger charge is 2.20. The van der Waals surface area contributed by atoms with E-state index in [1.165, 1.54) is 18.4 Å². The van der Waals surface area contributed by atoms with Crippen molar-refractivity contribution in [3.05, 3.63) is 35.9 Å². The minimum atomic E-state index is 0.755. The maximum atomic E-state index is 5.53. The van der Waals surface area contributed by atoms with Crippen LogP contribution in [0.25, 0.3) is 0 Å². The molecule has 0 atom stereocenters. The molecule has 0 heterocycles. The number of ether oxygens (including phenoxy) is 1. The largest absolute Gasteiger partial charge is 0.376 e. The van der Waals surface area contributed by atoms with Crippen LogP contribution in [-0.2, 0) is 11.3 Å². The average Bonchev–Trinajstić information content (AvgIpc) is 2.90. The molecule has 1 saturated carbocycles. The van der Waals surface area contributed by atoms with Crippen LogP contribution >= 0.6 is 0 Å². The van der Waals surface area contributed by atoms with Gasteiger partial charge in [-0.05, 0) is 30.4 Å². The summed E-state index contributed by atoms with van der Waals surface area (Å²) < 4.78 is 5.53. The zero-order chi connectivity index (χ0) is 8.23. The predicted octanol–water partition coefficient (Wildman–Crippen LogP) is 2.41. The van der Waals surface area contributed by atoms with E-state index in [0.717, 1.165) is 19.1 Å². The zero-order valence-electron chi connectivity index (χ0n) is 7.12. The van der Waals surface area contributed by atoms with E-state index in [1.807, 2.05) is 24.3 Å². The molecule has 0 aliphatic heterocycles. The molecule has 12 heavy (non-hydrogen) atoms. The molecule has 1 aromatic rings. The lowest BCUT2D eigenvalue weighted by atomic mass is 10.2. The second-order valence-electron chi connectivity index (χ2n) is 3.37. The van der Waals surface area contributed by atoms with Crippen LogP contribution in [0.2, 0.25) is 0 Å². The van der Waals surface area contributed by atoms with Gasteiger partial charge >= 0.3 is 0 Å². The Bertz CT molecular complexity index is 226. The van der Waals surface area contributed by atoms with E-state index < -0.39 is 0 Å². The molecule has 1 fully saturated rings. The van der Waals surface area contributed by atoms with Crippen molar-refractivity contribution in [2.75, 3.05) is 6.61 Å². The minimum absolute atomic E-state index is 0.755. The van der Waals surface area contributed by atoms with Gasteiger partial charge < -0.3 is 4.74 Å². The Balaban J connectivity index is 1.72. The number of rotatable bonds is 4. The first-order valence-corrected chi connectivity index (χ1v) is 4.48. The van der Waals surface area contributed by atoms with Crippen molar-refractivity contribution in [2.45, 2.75) is 19.4 Å². The van der Waals surface area contributed by atoms with Crippen LogP contribution in [0.1, 0.15) is 18.4 Å². The normalized spacial score (nSPS) is 16.3. The summed E-state index contributed by atoms with van der Waals surface area (Å²) in [4.78, 5) is 0. The predicted molar refractivity (Wildman–Crippen MR) is 47.7 cm³/mol. The topological polar surface area (TPSA) is 9.23 Å². The molecule has 0 amide bonds. The molecular weight excluding hydrogens is 148 g/mol. The van der Waals surface area contributed by atoms with Crippen molar-refractivity contribution in [3.63, 3.8) is 0 Å². The molecule has 0 N–H and O–H groups in total. The summed E-state index contributed by atoms with van der Waals surface area (Å²) in [5.74, 6) is 0.861. The highest BCUT2D eigenvalue weighted by atomic mass is 16.5. The summed E-state index contributed by atoms with van der Waals surface area (Å²) >= 11 is 0. The van der Waals surface area contributed by atoms with E-state index in [0.29, 0.717) is 0 Å². The third-order valence-electron chi connectivity index (χ3n) is 2.11. The highest BCUT2D eigenvalue weighted by molar-refractivity contribution is 5.12. The molecule has 1 aliphatic carbocycles. The Labute approximate surface area is 73.4 Å². The van der Waals surface area contributed by atoms with Gasteiger partial charge in [-0.2, -0.15) is 0 Å². The first kappa shape index (κ1) is 7.81. The van der Waals surface area contributed by atoms with Crippen LogP contribution < -0.4 is 0 Å². The van der Waals surface area contributed by atoms with Crippen LogP contribution in [0, 0.1) is 12.0 Å². The molecule has 0 bridgehead atoms. The molecule has 63 valence electrons. The number of benzene rings is 1. The van der Waals surface area contributed by atoms with Gasteiger partial charge in [0.1, 0.15) is 0 Å². The smallest absolute Gasteiger partial charge is 0.0717 e. The summed E-state index contributed by atoms with van der Waals surface area (Å²) in [5.41, 5.74) is 1.24. The second-order valence-corrected chi connectivity index (χ2v) is 3.37. The molecule has 2 rings (SSSR count). The third kappa shape index (κ3) is 2.35. The van der Waals surface area contributed by atoms with E-state index in [4.69, 9.17) is 4.74 Å². The quantitative estimate of drug-likeness (QED) is 0.659. The molecule has 0 aromatic heterocycles. The minimum Gasteiger partial charge on any atom is -0.376 e. The van der Waals surface area contributed by atoms with Gasteiger partial charge in [0.2, 0.25) is 0 Å². The van der Waals surface area contributed by atoms with Crippen LogP contribution in [-0.4, -0.2) is 6.61 Å². The van der Waals surface area contributed by atoms with Gasteiger partial charge in [0.05, 0.1) is 6.61 Å². The van der Waals surface area contributed by atoms with Crippen molar-refractivity contribution < 1.29 is 4.74 Å². The molecule has 0 saturated heterocycles. The fourth-order valence-electron chi connectivity index (χ4n) is 1.15. The molecule has 1 radical (unpaired) electrons. The number of hydrogen-bond acceptors (Lipinski definition) is 1. The Hall–Kier alpha value is -0.820. The maximum Gasteiger partial charge on any atom is 0.0717 e. The van der Waals surface area contributed by atoms with E-state index in [1.54, 1.807) is 0 Å². The molecule has 1 heteroatoms. The third-order valence-corrected chi connectivity index (χ3v) is 2.11. The van der Waals surface area contributed by atoms with Gasteiger partial charge in [-0.15, -0.1) is 0 Å². The molecular formula is C11H13O. The van der Waals surface area contributed by atoms with Crippen molar-refractivity contribution >= 4 is 0 Å². The number of hydrogen-bond donors (Lipinski definition) is 0. The van der Waals surface area contributed by atoms with E-state index in [9.17, 15) is 0 Å². The molecule has 1 aromatic carbocycles. The maximum absolute atomic E-state index is 5.53. The van der Waals surface area contributed by atoms with E-state index >= 15 is 0 Å². The van der Waals surface area contributed by atoms with Gasteiger partial charge in [-0.25, -0.2) is 0 Å². The first-order valence-electron chi connectivity index (χ1n) is 4.48. The van der Waals surface area contributed by atoms with Gasteiger partial charge in [0.25, 0.3) is 0 Å². The summed E-state index contributed by atoms with van der Waals surface area (Å²) in [6.45, 7) is 1.70. The fraction of sp³-hybridized carbons (Fsp3) is 0.455. The molecule has 0 unspecified atom stereocenters. The van der Waals surface area contributed by atoms with Gasteiger partial charge in [-0.1, -0.05) is 24.3 Å². The molecule has 1 aliphatic rings. The Morgan fingerprint density at radius 2 is 2.08 bits per heavy atom. The highest BCUT2D eigenvalue weighted by Crippen LogP contribution is 2.28. The Kier molecular flexibility index (Phi) is 2.42. The zero-order valence-corrected chi connectivity index (χ0v) is 7.12. The second kappa shape index (κ2) is 3.72. The van der Waals surface area contributed by atoms with Crippen molar-refractivity contribution in [3.8, 4) is 0 Å². The molecule has 1 nitrogen and oxygen atoms in total. The standard InChI is InChI=1S/C11H13O/c1-2-4-10(5-3-1)8-12-9-11-6-7-11/h2-5,11H,6-9H2. The lowest BCUT2D eigenvalue weighted by Crippen LogP contribution is -1.96. The summed E-state index contributed by atoms with van der Waals surface area (Å²) in [5, 5.41) is 0. The summed E-state index contributed by atoms with van der Waals surface area (Å²) in [6.07, 6.45) is 2.73. The monoisotopic (exact) mass is 161 g/mol. The lowest BCUT2D eigenvalue weighted by molar-refractivity contribution is 0.111. The van der Waals surface area contributed by atoms with Gasteiger partial charge in [0.15, 0.2) is 0 Å². The summed E-state index contributed by atoms with van der Waals surface area (Å²) in [7, 11) is 0. The SMILES string of the molecule is [c]1ccc(COCC2CC2)cc1. The fourth-order valence-corrected chi connectivity index (χ4v) is 1.15. The first-order chi connectivity index (χ1) is 5.95. The Morgan fingerprint density at radius 1 is 1.33 bits per heavy atom. The van der Waals surface area contributed by atoms with Gasteiger partial charge in [-0.3, -0.25) is 0 Å². The van der Waals surface area contributed by atoms with E-state index in [-0.39, 0.29) is 0 Å². The van der Waals surface area contributed by atoms with Crippen molar-refractivity contribution in [1.82, 2.24) is 0 Å². The van der Waals surface area contributed by atoms with Crippen LogP contribution in [0.5, 0.6) is 0 Å². The van der Waals surface area contributed by atoms with Crippen molar-refractivity contribution in [2.24, 2.45) is 5.92 Å². The van der Waals surface area contributed by atoms with E-state index in [2.05, 4.69) is 6.07 Å². The summed E-state index contributed by atoms with van der Waals surface area (Å²) in [6, 6.07) is 10.9. The molecule has 0 spiro atoms. The lowest BCUT2D eigenvalue weighted by Gasteiger charge is -2.01. The van der Waals surface area contributed by atoms with Gasteiger partial charge in [0, 0.05) is 6.61 Å². The van der Waals surface area contributed by atoms with Crippen LogP contribution in [0.3, 0.4) is 0 Å². The van der Waals surface area contributed by atoms with Crippen molar-refractivity contribution in [1.29, 1.82) is 0 Å². The Morgan fingerprint density at radius 3 is 2.75 bits per heavy atom.